The van der Waals surface area contributed by atoms with Crippen LogP contribution in [-0.2, 0) is 16.0 Å². The van der Waals surface area contributed by atoms with Crippen LogP contribution in [0.5, 0.6) is 0 Å². The van der Waals surface area contributed by atoms with Crippen molar-refractivity contribution in [2.75, 3.05) is 34.4 Å². The molecule has 9 heteroatoms. The first-order chi connectivity index (χ1) is 15.4. The van der Waals surface area contributed by atoms with Gasteiger partial charge in [0.1, 0.15) is 34.9 Å². The molecule has 2 aromatic heterocycles. The molecular weight excluding hydrogens is 406 g/mol. The number of amides is 1. The Morgan fingerprint density at radius 2 is 1.66 bits per heavy atom. The number of aromatic nitrogens is 2. The molecular formula is C23H23N7O2. The Bertz CT molecular complexity index is 1280. The van der Waals surface area contributed by atoms with E-state index in [2.05, 4.69) is 16.0 Å². The highest BCUT2D eigenvalue weighted by Gasteiger charge is 2.36. The highest BCUT2D eigenvalue weighted by Crippen LogP contribution is 2.44. The van der Waals surface area contributed by atoms with E-state index in [-0.39, 0.29) is 36.2 Å². The molecule has 162 valence electrons. The molecule has 1 fully saturated rings. The number of fused-ring (bicyclic) bond motifs is 3. The van der Waals surface area contributed by atoms with Gasteiger partial charge in [0.2, 0.25) is 5.91 Å². The maximum Gasteiger partial charge on any atom is 0.237 e. The number of ether oxygens (including phenoxy) is 1. The lowest BCUT2D eigenvalue weighted by Gasteiger charge is -2.36. The van der Waals surface area contributed by atoms with Crippen LogP contribution < -0.4 is 21.3 Å². The summed E-state index contributed by atoms with van der Waals surface area (Å²) in [5.41, 5.74) is 14.3. The standard InChI is InChI=1S/C23H23N7O2/c1-12-10-29(11-13(2)32-12)22-16(9-24)18-15-8-17(31)30(14-6-4-3-5-7-14)23(15)28-21(26)19(18)20(25)27-22/h3-7,12-13H,8,10-11H2,1-2H3,(H2,25,27)(H2,26,28). The molecule has 32 heavy (non-hydrogen) atoms. The van der Waals surface area contributed by atoms with Gasteiger partial charge in [0.15, 0.2) is 0 Å². The average Bonchev–Trinajstić information content (AvgIpc) is 3.08. The van der Waals surface area contributed by atoms with Crippen molar-refractivity contribution in [1.29, 1.82) is 5.26 Å². The summed E-state index contributed by atoms with van der Waals surface area (Å²) in [6, 6.07) is 11.6. The number of hydrogen-bond donors (Lipinski definition) is 2. The molecule has 5 rings (SSSR count). The fourth-order valence-corrected chi connectivity index (χ4v) is 4.73. The minimum atomic E-state index is -0.139. The Kier molecular flexibility index (Phi) is 4.60. The summed E-state index contributed by atoms with van der Waals surface area (Å²) in [5.74, 6) is 1.12. The first kappa shape index (κ1) is 20.0. The molecule has 2 aliphatic rings. The van der Waals surface area contributed by atoms with Crippen LogP contribution >= 0.6 is 0 Å². The van der Waals surface area contributed by atoms with E-state index in [1.807, 2.05) is 49.1 Å². The summed E-state index contributed by atoms with van der Waals surface area (Å²) in [6.45, 7) is 5.12. The number of hydrogen-bond acceptors (Lipinski definition) is 8. The number of pyridine rings is 2. The van der Waals surface area contributed by atoms with Gasteiger partial charge in [-0.25, -0.2) is 9.97 Å². The largest absolute Gasteiger partial charge is 0.383 e. The number of benzene rings is 1. The van der Waals surface area contributed by atoms with Crippen LogP contribution in [0, 0.1) is 11.3 Å². The minimum Gasteiger partial charge on any atom is -0.383 e. The second kappa shape index (κ2) is 7.35. The molecule has 9 nitrogen and oxygen atoms in total. The number of carbonyl (C=O) groups is 1. The maximum absolute atomic E-state index is 13.0. The van der Waals surface area contributed by atoms with Crippen molar-refractivity contribution in [2.24, 2.45) is 0 Å². The molecule has 0 bridgehead atoms. The monoisotopic (exact) mass is 429 g/mol. The minimum absolute atomic E-state index is 0.0209. The highest BCUT2D eigenvalue weighted by molar-refractivity contribution is 6.15. The van der Waals surface area contributed by atoms with Gasteiger partial charge in [-0.2, -0.15) is 5.26 Å². The fraction of sp³-hybridized carbons (Fsp3) is 0.304. The maximum atomic E-state index is 13.0. The average molecular weight is 429 g/mol. The van der Waals surface area contributed by atoms with Gasteiger partial charge in [-0.3, -0.25) is 9.69 Å². The van der Waals surface area contributed by atoms with Gasteiger partial charge >= 0.3 is 0 Å². The summed E-state index contributed by atoms with van der Waals surface area (Å²) in [5, 5.41) is 11.2. The lowest BCUT2D eigenvalue weighted by atomic mass is 10.00. The van der Waals surface area contributed by atoms with E-state index >= 15 is 0 Å². The van der Waals surface area contributed by atoms with Crippen molar-refractivity contribution < 1.29 is 9.53 Å². The summed E-state index contributed by atoms with van der Waals surface area (Å²) in [6.07, 6.45) is 0.0568. The molecule has 0 saturated carbocycles. The molecule has 0 aliphatic carbocycles. The molecule has 2 aliphatic heterocycles. The van der Waals surface area contributed by atoms with E-state index in [0.29, 0.717) is 52.3 Å². The van der Waals surface area contributed by atoms with Gasteiger partial charge in [0.05, 0.1) is 29.7 Å². The molecule has 4 heterocycles. The second-order valence-corrected chi connectivity index (χ2v) is 8.26. The van der Waals surface area contributed by atoms with E-state index in [1.54, 1.807) is 4.90 Å². The zero-order chi connectivity index (χ0) is 22.6. The lowest BCUT2D eigenvalue weighted by molar-refractivity contribution is -0.116. The zero-order valence-electron chi connectivity index (χ0n) is 17.9. The molecule has 3 aromatic rings. The molecule has 1 saturated heterocycles. The van der Waals surface area contributed by atoms with Crippen molar-refractivity contribution >= 4 is 45.6 Å². The van der Waals surface area contributed by atoms with Gasteiger partial charge in [0, 0.05) is 24.0 Å². The first-order valence-electron chi connectivity index (χ1n) is 10.5. The topological polar surface area (TPSA) is 134 Å². The number of carbonyl (C=O) groups excluding carboxylic acids is 1. The van der Waals surface area contributed by atoms with Crippen LogP contribution in [0.2, 0.25) is 0 Å². The quantitative estimate of drug-likeness (QED) is 0.634. The van der Waals surface area contributed by atoms with Crippen LogP contribution in [0.1, 0.15) is 25.0 Å². The van der Waals surface area contributed by atoms with Crippen LogP contribution in [0.4, 0.5) is 29.0 Å². The highest BCUT2D eigenvalue weighted by atomic mass is 16.5. The van der Waals surface area contributed by atoms with Crippen molar-refractivity contribution in [2.45, 2.75) is 32.5 Å². The van der Waals surface area contributed by atoms with E-state index in [4.69, 9.17) is 16.2 Å². The van der Waals surface area contributed by atoms with E-state index < -0.39 is 0 Å². The fourth-order valence-electron chi connectivity index (χ4n) is 4.73. The van der Waals surface area contributed by atoms with Crippen LogP contribution in [-0.4, -0.2) is 41.2 Å². The third-order valence-corrected chi connectivity index (χ3v) is 5.89. The van der Waals surface area contributed by atoms with E-state index in [9.17, 15) is 10.1 Å². The normalized spacial score (nSPS) is 20.5. The molecule has 1 amide bonds. The number of nitrogen functional groups attached to an aromatic ring is 2. The SMILES string of the molecule is CC1CN(c2nc(N)c3c(N)nc4c(c3c2C#N)CC(=O)N4c2ccccc2)CC(C)O1. The van der Waals surface area contributed by atoms with Crippen LogP contribution in [0.3, 0.4) is 0 Å². The number of rotatable bonds is 2. The molecule has 1 aromatic carbocycles. The summed E-state index contributed by atoms with van der Waals surface area (Å²) >= 11 is 0. The number of para-hydroxylation sites is 1. The van der Waals surface area contributed by atoms with Gasteiger partial charge in [0.25, 0.3) is 0 Å². The summed E-state index contributed by atoms with van der Waals surface area (Å²) in [4.78, 5) is 25.7. The number of anilines is 5. The van der Waals surface area contributed by atoms with Gasteiger partial charge in [-0.1, -0.05) is 18.2 Å². The summed E-state index contributed by atoms with van der Waals surface area (Å²) in [7, 11) is 0. The Balaban J connectivity index is 1.78. The Morgan fingerprint density at radius 3 is 2.28 bits per heavy atom. The zero-order valence-corrected chi connectivity index (χ0v) is 17.9. The van der Waals surface area contributed by atoms with Gasteiger partial charge < -0.3 is 21.1 Å². The third kappa shape index (κ3) is 2.99. The van der Waals surface area contributed by atoms with E-state index in [0.717, 1.165) is 0 Å². The van der Waals surface area contributed by atoms with Crippen molar-refractivity contribution in [3.05, 3.63) is 41.5 Å². The molecule has 0 radical (unpaired) electrons. The Morgan fingerprint density at radius 1 is 1.03 bits per heavy atom. The van der Waals surface area contributed by atoms with Crippen molar-refractivity contribution in [1.82, 2.24) is 9.97 Å². The Hall–Kier alpha value is -3.90. The van der Waals surface area contributed by atoms with Crippen molar-refractivity contribution in [3.63, 3.8) is 0 Å². The van der Waals surface area contributed by atoms with Gasteiger partial charge in [-0.15, -0.1) is 0 Å². The first-order valence-corrected chi connectivity index (χ1v) is 10.5. The molecule has 2 unspecified atom stereocenters. The van der Waals surface area contributed by atoms with Crippen molar-refractivity contribution in [3.8, 4) is 6.07 Å². The molecule has 4 N–H and O–H groups in total. The number of morpholine rings is 1. The third-order valence-electron chi connectivity index (χ3n) is 5.89. The van der Waals surface area contributed by atoms with Crippen LogP contribution in [0.15, 0.2) is 30.3 Å². The Labute approximate surface area is 185 Å². The molecule has 0 spiro atoms. The predicted octanol–water partition coefficient (Wildman–Crippen LogP) is 2.50. The van der Waals surface area contributed by atoms with Gasteiger partial charge in [-0.05, 0) is 26.0 Å². The number of nitriles is 1. The smallest absolute Gasteiger partial charge is 0.237 e. The predicted molar refractivity (Wildman–Crippen MR) is 123 cm³/mol. The van der Waals surface area contributed by atoms with E-state index in [1.165, 1.54) is 0 Å². The number of nitrogens with zero attached hydrogens (tertiary/aromatic N) is 5. The second-order valence-electron chi connectivity index (χ2n) is 8.26. The van der Waals surface area contributed by atoms with Crippen LogP contribution in [0.25, 0.3) is 10.8 Å². The number of nitrogens with two attached hydrogens (primary N) is 2. The lowest BCUT2D eigenvalue weighted by Crippen LogP contribution is -2.46. The summed E-state index contributed by atoms with van der Waals surface area (Å²) < 4.78 is 5.83. The molecule has 2 atom stereocenters.